The van der Waals surface area contributed by atoms with Crippen LogP contribution in [-0.4, -0.2) is 34.7 Å². The summed E-state index contributed by atoms with van der Waals surface area (Å²) in [6, 6.07) is 0. The molecule has 5 nitrogen and oxygen atoms in total. The maximum Gasteiger partial charge on any atom is 0.226 e. The molecule has 1 aliphatic heterocycles. The van der Waals surface area contributed by atoms with Crippen LogP contribution in [0.25, 0.3) is 0 Å². The van der Waals surface area contributed by atoms with Crippen LogP contribution in [0.3, 0.4) is 0 Å². The Morgan fingerprint density at radius 3 is 2.50 bits per heavy atom. The minimum atomic E-state index is 0. The lowest BCUT2D eigenvalue weighted by atomic mass is 9.95. The second-order valence-electron chi connectivity index (χ2n) is 4.88. The molecule has 1 aromatic rings. The van der Waals surface area contributed by atoms with E-state index in [1.165, 1.54) is 19.3 Å². The van der Waals surface area contributed by atoms with Crippen molar-refractivity contribution in [3.63, 3.8) is 0 Å². The Kier molecular flexibility index (Phi) is 4.87. The fourth-order valence-electron chi connectivity index (χ4n) is 2.32. The molecule has 0 aromatic carbocycles. The van der Waals surface area contributed by atoms with Crippen molar-refractivity contribution in [2.24, 2.45) is 5.92 Å². The molecule has 18 heavy (non-hydrogen) atoms. The second-order valence-corrected chi connectivity index (χ2v) is 4.88. The molecule has 0 saturated carbocycles. The molecule has 1 aliphatic rings. The van der Waals surface area contributed by atoms with Gasteiger partial charge in [-0.3, -0.25) is 0 Å². The highest BCUT2D eigenvalue weighted by Gasteiger charge is 2.12. The standard InChI is InChI=1S/C13H22N4O.H2/c1-10-15-11(2)17-13(16-10)14-7-3-4-12-5-8-18-9-6-12;/h12H,3-9H2,1-2H3,(H,14,15,16,17);1H. The van der Waals surface area contributed by atoms with Gasteiger partial charge >= 0.3 is 0 Å². The summed E-state index contributed by atoms with van der Waals surface area (Å²) >= 11 is 0. The normalized spacial score (nSPS) is 16.8. The lowest BCUT2D eigenvalue weighted by molar-refractivity contribution is 0.0636. The van der Waals surface area contributed by atoms with Crippen molar-refractivity contribution in [2.75, 3.05) is 25.1 Å². The number of aromatic nitrogens is 3. The van der Waals surface area contributed by atoms with Crippen molar-refractivity contribution < 1.29 is 6.16 Å². The summed E-state index contributed by atoms with van der Waals surface area (Å²) in [5.74, 6) is 3.08. The first-order chi connectivity index (χ1) is 8.74. The van der Waals surface area contributed by atoms with Gasteiger partial charge < -0.3 is 10.1 Å². The number of nitrogens with zero attached hydrogens (tertiary/aromatic N) is 3. The van der Waals surface area contributed by atoms with E-state index < -0.39 is 0 Å². The fraction of sp³-hybridized carbons (Fsp3) is 0.769. The van der Waals surface area contributed by atoms with Gasteiger partial charge in [0, 0.05) is 21.2 Å². The quantitative estimate of drug-likeness (QED) is 0.815. The van der Waals surface area contributed by atoms with E-state index in [2.05, 4.69) is 20.3 Å². The van der Waals surface area contributed by atoms with Crippen molar-refractivity contribution in [1.82, 2.24) is 15.0 Å². The third-order valence-corrected chi connectivity index (χ3v) is 3.27. The molecule has 0 aliphatic carbocycles. The van der Waals surface area contributed by atoms with Gasteiger partial charge in [0.05, 0.1) is 0 Å². The van der Waals surface area contributed by atoms with Crippen LogP contribution in [0.15, 0.2) is 0 Å². The topological polar surface area (TPSA) is 59.9 Å². The molecule has 0 unspecified atom stereocenters. The lowest BCUT2D eigenvalue weighted by Gasteiger charge is -2.21. The Morgan fingerprint density at radius 2 is 1.83 bits per heavy atom. The predicted octanol–water partition coefficient (Wildman–Crippen LogP) is 2.35. The Hall–Kier alpha value is -1.23. The first kappa shape index (κ1) is 13.2. The highest BCUT2D eigenvalue weighted by Crippen LogP contribution is 2.19. The first-order valence-corrected chi connectivity index (χ1v) is 6.75. The summed E-state index contributed by atoms with van der Waals surface area (Å²) in [6.07, 6.45) is 4.85. The summed E-state index contributed by atoms with van der Waals surface area (Å²) in [6.45, 7) is 6.58. The van der Waals surface area contributed by atoms with Crippen LogP contribution in [0.4, 0.5) is 5.95 Å². The van der Waals surface area contributed by atoms with E-state index in [-0.39, 0.29) is 1.43 Å². The maximum atomic E-state index is 5.36. The number of anilines is 1. The number of nitrogens with one attached hydrogen (secondary N) is 1. The largest absolute Gasteiger partial charge is 0.381 e. The van der Waals surface area contributed by atoms with Crippen LogP contribution in [0, 0.1) is 19.8 Å². The van der Waals surface area contributed by atoms with Crippen LogP contribution in [-0.2, 0) is 4.74 Å². The van der Waals surface area contributed by atoms with Gasteiger partial charge in [-0.1, -0.05) is 0 Å². The minimum Gasteiger partial charge on any atom is -0.381 e. The van der Waals surface area contributed by atoms with Crippen molar-refractivity contribution in [2.45, 2.75) is 39.5 Å². The van der Waals surface area contributed by atoms with E-state index >= 15 is 0 Å². The van der Waals surface area contributed by atoms with Crippen molar-refractivity contribution in [3.05, 3.63) is 11.6 Å². The molecule has 0 bridgehead atoms. The van der Waals surface area contributed by atoms with Crippen molar-refractivity contribution in [3.8, 4) is 0 Å². The monoisotopic (exact) mass is 252 g/mol. The summed E-state index contributed by atoms with van der Waals surface area (Å²) in [5, 5.41) is 3.27. The van der Waals surface area contributed by atoms with E-state index in [0.717, 1.165) is 43.7 Å². The highest BCUT2D eigenvalue weighted by molar-refractivity contribution is 5.23. The SMILES string of the molecule is Cc1nc(C)nc(NCCCC2CCOCC2)n1.[HH]. The van der Waals surface area contributed by atoms with Crippen LogP contribution >= 0.6 is 0 Å². The van der Waals surface area contributed by atoms with Crippen LogP contribution in [0.1, 0.15) is 38.8 Å². The zero-order chi connectivity index (χ0) is 12.8. The van der Waals surface area contributed by atoms with Gasteiger partial charge in [0.15, 0.2) is 0 Å². The number of ether oxygens (including phenoxy) is 1. The molecular formula is C13H24N4O. The summed E-state index contributed by atoms with van der Waals surface area (Å²) in [4.78, 5) is 12.7. The van der Waals surface area contributed by atoms with E-state index in [0.29, 0.717) is 5.95 Å². The number of aryl methyl sites for hydroxylation is 2. The van der Waals surface area contributed by atoms with E-state index in [1.54, 1.807) is 0 Å². The van der Waals surface area contributed by atoms with Crippen LogP contribution in [0.5, 0.6) is 0 Å². The third-order valence-electron chi connectivity index (χ3n) is 3.27. The number of hydrogen-bond acceptors (Lipinski definition) is 5. The molecule has 5 heteroatoms. The Bertz CT molecular complexity index is 363. The zero-order valence-electron chi connectivity index (χ0n) is 11.3. The molecular weight excluding hydrogens is 228 g/mol. The molecule has 2 rings (SSSR count). The lowest BCUT2D eigenvalue weighted by Crippen LogP contribution is -2.17. The molecule has 1 aromatic heterocycles. The smallest absolute Gasteiger partial charge is 0.226 e. The van der Waals surface area contributed by atoms with Gasteiger partial charge in [-0.2, -0.15) is 9.97 Å². The molecule has 1 N–H and O–H groups in total. The molecule has 0 spiro atoms. The Labute approximate surface area is 110 Å². The Balaban J connectivity index is 0.00000180. The van der Waals surface area contributed by atoms with Crippen LogP contribution < -0.4 is 5.32 Å². The van der Waals surface area contributed by atoms with Gasteiger partial charge in [0.1, 0.15) is 11.6 Å². The second kappa shape index (κ2) is 6.64. The van der Waals surface area contributed by atoms with Gasteiger partial charge in [-0.25, -0.2) is 4.98 Å². The van der Waals surface area contributed by atoms with E-state index in [1.807, 2.05) is 13.8 Å². The zero-order valence-corrected chi connectivity index (χ0v) is 11.3. The van der Waals surface area contributed by atoms with Gasteiger partial charge in [0.25, 0.3) is 0 Å². The summed E-state index contributed by atoms with van der Waals surface area (Å²) in [7, 11) is 0. The maximum absolute atomic E-state index is 5.36. The molecule has 0 amide bonds. The fourth-order valence-corrected chi connectivity index (χ4v) is 2.32. The summed E-state index contributed by atoms with van der Waals surface area (Å²) < 4.78 is 5.36. The van der Waals surface area contributed by atoms with E-state index in [4.69, 9.17) is 4.74 Å². The third kappa shape index (κ3) is 4.22. The van der Waals surface area contributed by atoms with Crippen molar-refractivity contribution >= 4 is 5.95 Å². The first-order valence-electron chi connectivity index (χ1n) is 6.75. The van der Waals surface area contributed by atoms with Gasteiger partial charge in [0.2, 0.25) is 5.95 Å². The minimum absolute atomic E-state index is 0. The average molecular weight is 252 g/mol. The molecule has 1 saturated heterocycles. The Morgan fingerprint density at radius 1 is 1.17 bits per heavy atom. The highest BCUT2D eigenvalue weighted by atomic mass is 16.5. The number of hydrogen-bond donors (Lipinski definition) is 1. The molecule has 1 fully saturated rings. The van der Waals surface area contributed by atoms with Crippen LogP contribution in [0.2, 0.25) is 0 Å². The summed E-state index contributed by atoms with van der Waals surface area (Å²) in [5.41, 5.74) is 0. The predicted molar refractivity (Wildman–Crippen MR) is 72.7 cm³/mol. The molecule has 0 atom stereocenters. The van der Waals surface area contributed by atoms with Gasteiger partial charge in [-0.15, -0.1) is 0 Å². The molecule has 102 valence electrons. The average Bonchev–Trinajstić information content (AvgIpc) is 2.35. The van der Waals surface area contributed by atoms with Crippen molar-refractivity contribution in [1.29, 1.82) is 0 Å². The number of rotatable bonds is 5. The van der Waals surface area contributed by atoms with E-state index in [9.17, 15) is 0 Å². The van der Waals surface area contributed by atoms with Gasteiger partial charge in [-0.05, 0) is 45.4 Å². The molecule has 0 radical (unpaired) electrons. The molecule has 2 heterocycles.